The van der Waals surface area contributed by atoms with Crippen LogP contribution in [-0.4, -0.2) is 38.9 Å². The van der Waals surface area contributed by atoms with Crippen molar-refractivity contribution >= 4 is 0 Å². The standard InChI is InChI=1S/C26H26N4O2/c31-25(24-18-30-23(16-27-24)17-28-29-30)19-32-26(20-10-4-1-5-11-20,21-12-6-2-7-13-21)22-14-8-3-9-15-22/h1-15,17,24-25,27,31H,16,18-19H2/t24-,25-/m1/s1. The highest BCUT2D eigenvalue weighted by Crippen LogP contribution is 2.40. The van der Waals surface area contributed by atoms with Gasteiger partial charge in [0.25, 0.3) is 0 Å². The van der Waals surface area contributed by atoms with E-state index in [9.17, 15) is 5.11 Å². The molecule has 6 nitrogen and oxygen atoms in total. The van der Waals surface area contributed by atoms with E-state index in [-0.39, 0.29) is 12.6 Å². The van der Waals surface area contributed by atoms with E-state index in [2.05, 4.69) is 52.0 Å². The SMILES string of the molecule is O[C@H](COC(c1ccccc1)(c1ccccc1)c1ccccc1)[C@H]1Cn2nncc2CN1. The normalized spacial score (nSPS) is 17.0. The molecule has 1 aliphatic rings. The third-order valence-corrected chi connectivity index (χ3v) is 6.09. The molecule has 0 unspecified atom stereocenters. The summed E-state index contributed by atoms with van der Waals surface area (Å²) < 4.78 is 8.57. The molecule has 0 bridgehead atoms. The Bertz CT molecular complexity index is 1040. The van der Waals surface area contributed by atoms with E-state index in [0.29, 0.717) is 13.1 Å². The van der Waals surface area contributed by atoms with Gasteiger partial charge in [-0.2, -0.15) is 0 Å². The average Bonchev–Trinajstić information content (AvgIpc) is 3.34. The number of hydrogen-bond acceptors (Lipinski definition) is 5. The summed E-state index contributed by atoms with van der Waals surface area (Å²) >= 11 is 0. The lowest BCUT2D eigenvalue weighted by Crippen LogP contribution is -2.49. The lowest BCUT2D eigenvalue weighted by Gasteiger charge is -2.38. The van der Waals surface area contributed by atoms with E-state index in [1.165, 1.54) is 0 Å². The van der Waals surface area contributed by atoms with Crippen LogP contribution in [-0.2, 0) is 23.4 Å². The van der Waals surface area contributed by atoms with Crippen molar-refractivity contribution < 1.29 is 9.84 Å². The van der Waals surface area contributed by atoms with Gasteiger partial charge in [-0.05, 0) is 16.7 Å². The van der Waals surface area contributed by atoms with Crippen molar-refractivity contribution in [2.45, 2.75) is 30.8 Å². The van der Waals surface area contributed by atoms with Crippen molar-refractivity contribution in [1.82, 2.24) is 20.3 Å². The van der Waals surface area contributed by atoms with Crippen molar-refractivity contribution in [3.8, 4) is 0 Å². The van der Waals surface area contributed by atoms with Crippen molar-refractivity contribution in [2.24, 2.45) is 0 Å². The molecular formula is C26H26N4O2. The summed E-state index contributed by atoms with van der Waals surface area (Å²) in [6.45, 7) is 1.32. The number of ether oxygens (including phenoxy) is 1. The maximum Gasteiger partial charge on any atom is 0.143 e. The number of nitrogens with one attached hydrogen (secondary N) is 1. The van der Waals surface area contributed by atoms with E-state index < -0.39 is 11.7 Å². The predicted molar refractivity (Wildman–Crippen MR) is 122 cm³/mol. The maximum absolute atomic E-state index is 11.1. The van der Waals surface area contributed by atoms with Crippen LogP contribution in [0.1, 0.15) is 22.4 Å². The summed E-state index contributed by atoms with van der Waals surface area (Å²) in [5, 5.41) is 22.6. The van der Waals surface area contributed by atoms with Crippen LogP contribution in [0.3, 0.4) is 0 Å². The Morgan fingerprint density at radius 3 is 1.97 bits per heavy atom. The Balaban J connectivity index is 1.50. The molecule has 0 amide bonds. The van der Waals surface area contributed by atoms with Gasteiger partial charge >= 0.3 is 0 Å². The molecule has 0 aliphatic carbocycles. The minimum absolute atomic E-state index is 0.153. The Labute approximate surface area is 187 Å². The summed E-state index contributed by atoms with van der Waals surface area (Å²) in [6, 6.07) is 30.4. The second kappa shape index (κ2) is 9.04. The van der Waals surface area contributed by atoms with Crippen molar-refractivity contribution in [1.29, 1.82) is 0 Å². The van der Waals surface area contributed by atoms with Gasteiger partial charge in [-0.1, -0.05) is 96.2 Å². The van der Waals surface area contributed by atoms with Gasteiger partial charge in [0.05, 0.1) is 37.2 Å². The number of nitrogens with zero attached hydrogens (tertiary/aromatic N) is 3. The average molecular weight is 427 g/mol. The number of aliphatic hydroxyl groups excluding tert-OH is 1. The van der Waals surface area contributed by atoms with E-state index in [1.54, 1.807) is 6.20 Å². The summed E-state index contributed by atoms with van der Waals surface area (Å²) in [4.78, 5) is 0. The van der Waals surface area contributed by atoms with E-state index in [0.717, 1.165) is 22.4 Å². The van der Waals surface area contributed by atoms with E-state index in [4.69, 9.17) is 4.74 Å². The zero-order valence-electron chi connectivity index (χ0n) is 17.7. The lowest BCUT2D eigenvalue weighted by molar-refractivity contribution is -0.0521. The van der Waals surface area contributed by atoms with Gasteiger partial charge in [-0.3, -0.25) is 0 Å². The molecule has 0 radical (unpaired) electrons. The second-order valence-corrected chi connectivity index (χ2v) is 8.05. The van der Waals surface area contributed by atoms with E-state index in [1.807, 2.05) is 59.3 Å². The van der Waals surface area contributed by atoms with Crippen LogP contribution in [0.5, 0.6) is 0 Å². The molecule has 2 heterocycles. The van der Waals surface area contributed by atoms with Crippen molar-refractivity contribution in [2.75, 3.05) is 6.61 Å². The van der Waals surface area contributed by atoms with Crippen LogP contribution in [0.4, 0.5) is 0 Å². The van der Waals surface area contributed by atoms with Crippen molar-refractivity contribution in [3.05, 3.63) is 120 Å². The monoisotopic (exact) mass is 426 g/mol. The summed E-state index contributed by atoms with van der Waals surface area (Å²) in [5.41, 5.74) is 3.21. The number of aliphatic hydroxyl groups is 1. The van der Waals surface area contributed by atoms with Crippen LogP contribution in [0, 0.1) is 0 Å². The van der Waals surface area contributed by atoms with Gasteiger partial charge in [0.15, 0.2) is 0 Å². The zero-order valence-corrected chi connectivity index (χ0v) is 17.7. The molecule has 0 saturated carbocycles. The number of fused-ring (bicyclic) bond motifs is 1. The Morgan fingerprint density at radius 1 is 0.906 bits per heavy atom. The van der Waals surface area contributed by atoms with Crippen LogP contribution in [0.15, 0.2) is 97.2 Å². The molecule has 1 aromatic heterocycles. The maximum atomic E-state index is 11.1. The first-order chi connectivity index (χ1) is 15.8. The largest absolute Gasteiger partial charge is 0.389 e. The number of hydrogen-bond donors (Lipinski definition) is 2. The summed E-state index contributed by atoms with van der Waals surface area (Å²) in [5.74, 6) is 0. The Morgan fingerprint density at radius 2 is 1.44 bits per heavy atom. The van der Waals surface area contributed by atoms with Gasteiger partial charge in [0.2, 0.25) is 0 Å². The van der Waals surface area contributed by atoms with Crippen LogP contribution in [0.25, 0.3) is 0 Å². The second-order valence-electron chi connectivity index (χ2n) is 8.05. The third-order valence-electron chi connectivity index (χ3n) is 6.09. The molecule has 6 heteroatoms. The molecule has 0 fully saturated rings. The fourth-order valence-electron chi connectivity index (χ4n) is 4.41. The van der Waals surface area contributed by atoms with Crippen LogP contribution in [0.2, 0.25) is 0 Å². The first-order valence-corrected chi connectivity index (χ1v) is 10.9. The topological polar surface area (TPSA) is 72.2 Å². The third kappa shape index (κ3) is 3.84. The molecule has 2 N–H and O–H groups in total. The molecule has 0 saturated heterocycles. The first-order valence-electron chi connectivity index (χ1n) is 10.9. The fourth-order valence-corrected chi connectivity index (χ4v) is 4.41. The van der Waals surface area contributed by atoms with Gasteiger partial charge in [-0.25, -0.2) is 4.68 Å². The van der Waals surface area contributed by atoms with E-state index >= 15 is 0 Å². The molecule has 162 valence electrons. The molecule has 2 atom stereocenters. The van der Waals surface area contributed by atoms with Gasteiger partial charge < -0.3 is 15.2 Å². The minimum Gasteiger partial charge on any atom is -0.389 e. The quantitative estimate of drug-likeness (QED) is 0.444. The number of aromatic nitrogens is 3. The molecule has 0 spiro atoms. The number of benzene rings is 3. The molecule has 3 aromatic carbocycles. The predicted octanol–water partition coefficient (Wildman–Crippen LogP) is 3.12. The Kier molecular flexibility index (Phi) is 5.81. The molecular weight excluding hydrogens is 400 g/mol. The minimum atomic E-state index is -0.849. The smallest absolute Gasteiger partial charge is 0.143 e. The van der Waals surface area contributed by atoms with Gasteiger partial charge in [0, 0.05) is 6.54 Å². The highest BCUT2D eigenvalue weighted by atomic mass is 16.5. The molecule has 4 aromatic rings. The summed E-state index contributed by atoms with van der Waals surface area (Å²) in [7, 11) is 0. The van der Waals surface area contributed by atoms with Crippen LogP contribution < -0.4 is 5.32 Å². The first kappa shape index (κ1) is 20.6. The highest BCUT2D eigenvalue weighted by Gasteiger charge is 2.39. The van der Waals surface area contributed by atoms with Crippen molar-refractivity contribution in [3.63, 3.8) is 0 Å². The molecule has 32 heavy (non-hydrogen) atoms. The lowest BCUT2D eigenvalue weighted by atomic mass is 9.80. The Hall–Kier alpha value is -3.32. The molecule has 5 rings (SSSR count). The number of rotatable bonds is 7. The molecule has 1 aliphatic heterocycles. The summed E-state index contributed by atoms with van der Waals surface area (Å²) in [6.07, 6.45) is 1.03. The van der Waals surface area contributed by atoms with Gasteiger partial charge in [0.1, 0.15) is 5.60 Å². The highest BCUT2D eigenvalue weighted by molar-refractivity contribution is 5.47. The fraction of sp³-hybridized carbons (Fsp3) is 0.231. The zero-order chi connectivity index (χ0) is 21.8. The van der Waals surface area contributed by atoms with Gasteiger partial charge in [-0.15, -0.1) is 5.10 Å². The van der Waals surface area contributed by atoms with Crippen LogP contribution >= 0.6 is 0 Å².